The summed E-state index contributed by atoms with van der Waals surface area (Å²) in [5, 5.41) is 0.873. The maximum atomic E-state index is 13.5. The van der Waals surface area contributed by atoms with Crippen LogP contribution in [0.2, 0.25) is 0 Å². The van der Waals surface area contributed by atoms with Gasteiger partial charge in [-0.25, -0.2) is 4.98 Å². The molecule has 3 heterocycles. The van der Waals surface area contributed by atoms with Crippen molar-refractivity contribution in [2.24, 2.45) is 7.05 Å². The van der Waals surface area contributed by atoms with Gasteiger partial charge in [0.1, 0.15) is 22.9 Å². The number of rotatable bonds is 11. The Morgan fingerprint density at radius 1 is 0.804 bits per heavy atom. The minimum absolute atomic E-state index is 0. The molecule has 10 nitrogen and oxygen atoms in total. The van der Waals surface area contributed by atoms with E-state index in [0.29, 0.717) is 55.7 Å². The summed E-state index contributed by atoms with van der Waals surface area (Å²) in [7, 11) is 3.40. The highest BCUT2D eigenvalue weighted by molar-refractivity contribution is 8.93. The summed E-state index contributed by atoms with van der Waals surface area (Å²) >= 11 is 0. The van der Waals surface area contributed by atoms with Crippen LogP contribution in [-0.4, -0.2) is 77.6 Å². The standard InChI is InChI=1S/C36H33F4N5O5.BrH/c1-42(33(46)24-5-11-28(12-6-24)50-36(39)40)26-8-14-32(41-21-26)48-29-13-7-25-19-31(43(2)30(25)20-29)34(47)45-17-15-44(16-18-45)22-23-3-9-27(10-4-23)49-35(37)38;/h3-14,19-21,35-36H,15-18,22H2,1-2H3;1H. The largest absolute Gasteiger partial charge is 0.439 e. The lowest BCUT2D eigenvalue weighted by atomic mass is 10.2. The topological polar surface area (TPSA) is 89.4 Å². The van der Waals surface area contributed by atoms with E-state index in [1.807, 2.05) is 34.7 Å². The number of carbonyl (C=O) groups excluding carboxylic acids is 2. The van der Waals surface area contributed by atoms with E-state index in [2.05, 4.69) is 19.4 Å². The van der Waals surface area contributed by atoms with Gasteiger partial charge in [0.15, 0.2) is 0 Å². The van der Waals surface area contributed by atoms with E-state index in [9.17, 15) is 27.2 Å². The molecule has 0 spiro atoms. The number of aromatic nitrogens is 2. The Morgan fingerprint density at radius 3 is 2.00 bits per heavy atom. The Bertz CT molecular complexity index is 1950. The highest BCUT2D eigenvalue weighted by Gasteiger charge is 2.25. The van der Waals surface area contributed by atoms with Crippen molar-refractivity contribution >= 4 is 45.4 Å². The van der Waals surface area contributed by atoms with Gasteiger partial charge in [0.25, 0.3) is 11.8 Å². The predicted molar refractivity (Wildman–Crippen MR) is 188 cm³/mol. The highest BCUT2D eigenvalue weighted by atomic mass is 79.9. The molecule has 1 saturated heterocycles. The molecule has 268 valence electrons. The summed E-state index contributed by atoms with van der Waals surface area (Å²) in [4.78, 5) is 36.2. The number of fused-ring (bicyclic) bond motifs is 1. The third kappa shape index (κ3) is 8.96. The minimum Gasteiger partial charge on any atom is -0.439 e. The first-order chi connectivity index (χ1) is 24.0. The third-order valence-electron chi connectivity index (χ3n) is 8.41. The number of halogens is 5. The number of alkyl halides is 4. The van der Waals surface area contributed by atoms with Gasteiger partial charge >= 0.3 is 13.2 Å². The van der Waals surface area contributed by atoms with Gasteiger partial charge in [-0.05, 0) is 66.2 Å². The highest BCUT2D eigenvalue weighted by Crippen LogP contribution is 2.29. The number of hydrogen-bond donors (Lipinski definition) is 0. The number of hydrogen-bond acceptors (Lipinski definition) is 7. The maximum Gasteiger partial charge on any atom is 0.387 e. The molecular formula is C36H34BrF4N5O5. The van der Waals surface area contributed by atoms with Gasteiger partial charge in [-0.15, -0.1) is 17.0 Å². The van der Waals surface area contributed by atoms with Crippen molar-refractivity contribution in [3.63, 3.8) is 0 Å². The number of benzene rings is 3. The molecule has 0 bridgehead atoms. The molecule has 0 aliphatic carbocycles. The SMILES string of the molecule is Br.CN(C(=O)c1ccc(OC(F)F)cc1)c1ccc(Oc2ccc3cc(C(=O)N4CCN(Cc5ccc(OC(F)F)cc5)CC4)n(C)c3c2)nc1. The molecule has 1 fully saturated rings. The van der Waals surface area contributed by atoms with E-state index in [4.69, 9.17) is 4.74 Å². The van der Waals surface area contributed by atoms with Gasteiger partial charge in [0.2, 0.25) is 5.88 Å². The van der Waals surface area contributed by atoms with Crippen LogP contribution in [0.15, 0.2) is 91.1 Å². The second-order valence-electron chi connectivity index (χ2n) is 11.6. The van der Waals surface area contributed by atoms with Crippen molar-refractivity contribution in [3.8, 4) is 23.1 Å². The van der Waals surface area contributed by atoms with E-state index in [-0.39, 0.29) is 45.9 Å². The molecule has 1 aliphatic rings. The maximum absolute atomic E-state index is 13.5. The van der Waals surface area contributed by atoms with Crippen molar-refractivity contribution in [2.45, 2.75) is 19.8 Å². The summed E-state index contributed by atoms with van der Waals surface area (Å²) in [5.41, 5.74) is 3.10. The molecule has 0 N–H and O–H groups in total. The predicted octanol–water partition coefficient (Wildman–Crippen LogP) is 7.38. The van der Waals surface area contributed by atoms with Crippen molar-refractivity contribution < 1.29 is 41.4 Å². The van der Waals surface area contributed by atoms with Gasteiger partial charge in [-0.2, -0.15) is 17.6 Å². The molecule has 2 amide bonds. The van der Waals surface area contributed by atoms with Crippen molar-refractivity contribution in [3.05, 3.63) is 108 Å². The zero-order valence-corrected chi connectivity index (χ0v) is 29.3. The average Bonchev–Trinajstić information content (AvgIpc) is 3.44. The number of anilines is 1. The smallest absolute Gasteiger partial charge is 0.387 e. The van der Waals surface area contributed by atoms with Gasteiger partial charge in [-0.3, -0.25) is 14.5 Å². The molecule has 0 saturated carbocycles. The van der Waals surface area contributed by atoms with Crippen LogP contribution in [0.1, 0.15) is 26.4 Å². The zero-order chi connectivity index (χ0) is 35.4. The second kappa shape index (κ2) is 16.2. The monoisotopic (exact) mass is 771 g/mol. The number of piperazine rings is 1. The van der Waals surface area contributed by atoms with E-state index >= 15 is 0 Å². The second-order valence-corrected chi connectivity index (χ2v) is 11.6. The molecule has 5 aromatic rings. The van der Waals surface area contributed by atoms with Crippen molar-refractivity contribution in [2.75, 3.05) is 38.1 Å². The first-order valence-electron chi connectivity index (χ1n) is 15.7. The lowest BCUT2D eigenvalue weighted by Gasteiger charge is -2.34. The quantitative estimate of drug-likeness (QED) is 0.130. The molecule has 51 heavy (non-hydrogen) atoms. The molecule has 15 heteroatoms. The molecule has 3 aromatic carbocycles. The van der Waals surface area contributed by atoms with Gasteiger partial charge in [0, 0.05) is 69.9 Å². The Morgan fingerprint density at radius 2 is 1.41 bits per heavy atom. The fraction of sp³-hybridized carbons (Fsp3) is 0.250. The third-order valence-corrected chi connectivity index (χ3v) is 8.41. The van der Waals surface area contributed by atoms with Crippen LogP contribution in [0.5, 0.6) is 23.1 Å². The summed E-state index contributed by atoms with van der Waals surface area (Å²) < 4.78 is 66.3. The Hall–Kier alpha value is -5.15. The fourth-order valence-corrected chi connectivity index (χ4v) is 5.73. The summed E-state index contributed by atoms with van der Waals surface area (Å²) in [6.45, 7) is -2.74. The van der Waals surface area contributed by atoms with Crippen LogP contribution in [0, 0.1) is 0 Å². The number of amides is 2. The Kier molecular flexibility index (Phi) is 11.8. The van der Waals surface area contributed by atoms with Crippen LogP contribution in [0.25, 0.3) is 10.9 Å². The van der Waals surface area contributed by atoms with E-state index in [0.717, 1.165) is 16.5 Å². The normalized spacial score (nSPS) is 13.3. The summed E-state index contributed by atoms with van der Waals surface area (Å²) in [6, 6.07) is 22.6. The number of nitrogens with zero attached hydrogens (tertiary/aromatic N) is 5. The van der Waals surface area contributed by atoms with E-state index in [1.165, 1.54) is 47.5 Å². The van der Waals surface area contributed by atoms with Crippen LogP contribution in [0.3, 0.4) is 0 Å². The lowest BCUT2D eigenvalue weighted by Crippen LogP contribution is -2.48. The van der Waals surface area contributed by atoms with E-state index < -0.39 is 13.2 Å². The molecule has 1 aliphatic heterocycles. The summed E-state index contributed by atoms with van der Waals surface area (Å²) in [5.74, 6) is 0.441. The minimum atomic E-state index is -2.95. The van der Waals surface area contributed by atoms with Crippen molar-refractivity contribution in [1.82, 2.24) is 19.4 Å². The molecule has 0 atom stereocenters. The van der Waals surface area contributed by atoms with Crippen LogP contribution >= 0.6 is 17.0 Å². The first-order valence-corrected chi connectivity index (χ1v) is 15.7. The van der Waals surface area contributed by atoms with Crippen LogP contribution in [-0.2, 0) is 13.6 Å². The molecule has 0 unspecified atom stereocenters. The molecular weight excluding hydrogens is 738 g/mol. The zero-order valence-electron chi connectivity index (χ0n) is 27.5. The van der Waals surface area contributed by atoms with Gasteiger partial charge in [-0.1, -0.05) is 12.1 Å². The van der Waals surface area contributed by atoms with Gasteiger partial charge in [0.05, 0.1) is 17.4 Å². The Balaban J connectivity index is 0.00000504. The van der Waals surface area contributed by atoms with Crippen molar-refractivity contribution in [1.29, 1.82) is 0 Å². The number of aryl methyl sites for hydroxylation is 1. The number of ether oxygens (including phenoxy) is 3. The molecule has 2 aromatic heterocycles. The van der Waals surface area contributed by atoms with Crippen LogP contribution in [0.4, 0.5) is 23.2 Å². The molecule has 0 radical (unpaired) electrons. The summed E-state index contributed by atoms with van der Waals surface area (Å²) in [6.07, 6.45) is 1.49. The molecule has 6 rings (SSSR count). The fourth-order valence-electron chi connectivity index (χ4n) is 5.73. The van der Waals surface area contributed by atoms with Gasteiger partial charge < -0.3 is 28.6 Å². The first kappa shape index (κ1) is 37.1. The number of carbonyl (C=O) groups is 2. The van der Waals surface area contributed by atoms with Crippen LogP contribution < -0.4 is 19.1 Å². The number of pyridine rings is 1. The lowest BCUT2D eigenvalue weighted by molar-refractivity contribution is -0.0505. The Labute approximate surface area is 301 Å². The average molecular weight is 773 g/mol. The van der Waals surface area contributed by atoms with E-state index in [1.54, 1.807) is 37.4 Å².